The molecule has 0 unspecified atom stereocenters. The smallest absolute Gasteiger partial charge is 0.133 e. The van der Waals surface area contributed by atoms with Crippen molar-refractivity contribution >= 4 is 0 Å². The van der Waals surface area contributed by atoms with E-state index in [4.69, 9.17) is 0 Å². The summed E-state index contributed by atoms with van der Waals surface area (Å²) in [6.45, 7) is 4.85. The highest BCUT2D eigenvalue weighted by atomic mass is 16.6. The zero-order valence-electron chi connectivity index (χ0n) is 4.19. The van der Waals surface area contributed by atoms with Crippen LogP contribution in [0.25, 0.3) is 0 Å². The molecule has 0 aromatic rings. The Labute approximate surface area is 43.1 Å². The Hall–Kier alpha value is -0.500. The van der Waals surface area contributed by atoms with Crippen LogP contribution in [0.4, 0.5) is 0 Å². The summed E-state index contributed by atoms with van der Waals surface area (Å²) in [4.78, 5) is 4.62. The van der Waals surface area contributed by atoms with Crippen LogP contribution in [0, 0.1) is 6.54 Å². The highest BCUT2D eigenvalue weighted by Gasteiger charge is 2.01. The third-order valence-electron chi connectivity index (χ3n) is 0.853. The van der Waals surface area contributed by atoms with Gasteiger partial charge < -0.3 is 4.84 Å². The van der Waals surface area contributed by atoms with Gasteiger partial charge in [-0.2, -0.15) is 0 Å². The van der Waals surface area contributed by atoms with E-state index < -0.39 is 0 Å². The van der Waals surface area contributed by atoms with Crippen LogP contribution in [-0.4, -0.2) is 0 Å². The van der Waals surface area contributed by atoms with Crippen molar-refractivity contribution in [2.24, 2.45) is 0 Å². The lowest BCUT2D eigenvalue weighted by molar-refractivity contribution is 0.184. The van der Waals surface area contributed by atoms with Crippen molar-refractivity contribution in [3.8, 4) is 0 Å². The number of hydroxylamine groups is 1. The van der Waals surface area contributed by atoms with Crippen molar-refractivity contribution in [1.82, 2.24) is 5.48 Å². The average Bonchev–Trinajstić information content (AvgIpc) is 2.14. The van der Waals surface area contributed by atoms with Crippen molar-refractivity contribution in [3.05, 3.63) is 18.4 Å². The Balaban J connectivity index is 2.36. The fourth-order valence-corrected chi connectivity index (χ4v) is 0.397. The van der Waals surface area contributed by atoms with Gasteiger partial charge in [0.25, 0.3) is 0 Å². The first-order chi connectivity index (χ1) is 3.43. The van der Waals surface area contributed by atoms with E-state index >= 15 is 0 Å². The lowest BCUT2D eigenvalue weighted by atomic mass is 10.2. The van der Waals surface area contributed by atoms with Crippen LogP contribution in [0.1, 0.15) is 13.3 Å². The fourth-order valence-electron chi connectivity index (χ4n) is 0.397. The number of hydrogen-bond acceptors (Lipinski definition) is 2. The molecule has 7 heavy (non-hydrogen) atoms. The van der Waals surface area contributed by atoms with Crippen LogP contribution < -0.4 is 5.48 Å². The van der Waals surface area contributed by atoms with Crippen LogP contribution in [0.2, 0.25) is 0 Å². The molecule has 38 valence electrons. The molecule has 2 heteroatoms. The Morgan fingerprint density at radius 2 is 2.86 bits per heavy atom. The summed E-state index contributed by atoms with van der Waals surface area (Å²) in [5, 5.41) is 0. The fraction of sp³-hybridized carbons (Fsp3) is 0.400. The summed E-state index contributed by atoms with van der Waals surface area (Å²) < 4.78 is 0. The molecule has 2 nitrogen and oxygen atoms in total. The Bertz CT molecular complexity index is 88.1. The molecule has 0 amide bonds. The monoisotopic (exact) mass is 97.1 g/mol. The van der Waals surface area contributed by atoms with Gasteiger partial charge >= 0.3 is 0 Å². The maximum Gasteiger partial charge on any atom is 0.133 e. The van der Waals surface area contributed by atoms with Crippen LogP contribution in [0.15, 0.2) is 11.8 Å². The molecular formula is C5H7NO. The first kappa shape index (κ1) is 4.65. The molecule has 1 aliphatic heterocycles. The van der Waals surface area contributed by atoms with E-state index in [-0.39, 0.29) is 0 Å². The number of rotatable bonds is 1. The Morgan fingerprint density at radius 1 is 2.00 bits per heavy atom. The van der Waals surface area contributed by atoms with Crippen LogP contribution in [0.3, 0.4) is 0 Å². The highest BCUT2D eigenvalue weighted by molar-refractivity contribution is 5.10. The number of nitrogens with one attached hydrogen (secondary N) is 1. The summed E-state index contributed by atoms with van der Waals surface area (Å²) in [5.41, 5.74) is 3.56. The summed E-state index contributed by atoms with van der Waals surface area (Å²) in [6.07, 6.45) is 2.63. The van der Waals surface area contributed by atoms with Gasteiger partial charge in [-0.05, 0) is 12.0 Å². The molecule has 0 spiro atoms. The highest BCUT2D eigenvalue weighted by Crippen LogP contribution is 2.06. The zero-order valence-corrected chi connectivity index (χ0v) is 4.19. The largest absolute Gasteiger partial charge is 0.415 e. The van der Waals surface area contributed by atoms with E-state index in [1.807, 2.05) is 0 Å². The molecule has 1 aliphatic rings. The molecule has 0 atom stereocenters. The second-order valence-electron chi connectivity index (χ2n) is 1.34. The van der Waals surface area contributed by atoms with E-state index in [0.29, 0.717) is 0 Å². The molecule has 1 N–H and O–H groups in total. The molecule has 0 saturated heterocycles. The molecule has 0 aromatic carbocycles. The molecule has 0 aliphatic carbocycles. The lowest BCUT2D eigenvalue weighted by Crippen LogP contribution is -1.98. The van der Waals surface area contributed by atoms with E-state index in [1.54, 1.807) is 6.26 Å². The Kier molecular flexibility index (Phi) is 1.32. The minimum absolute atomic E-state index is 0.979. The van der Waals surface area contributed by atoms with Gasteiger partial charge in [0.2, 0.25) is 0 Å². The second-order valence-corrected chi connectivity index (χ2v) is 1.34. The van der Waals surface area contributed by atoms with Crippen molar-refractivity contribution in [2.75, 3.05) is 0 Å². The molecule has 2 radical (unpaired) electrons. The van der Waals surface area contributed by atoms with Gasteiger partial charge in [-0.1, -0.05) is 6.92 Å². The summed E-state index contributed by atoms with van der Waals surface area (Å²) in [6, 6.07) is 0. The van der Waals surface area contributed by atoms with Gasteiger partial charge in [-0.3, -0.25) is 0 Å². The molecule has 0 fully saturated rings. The quantitative estimate of drug-likeness (QED) is 0.523. The predicted molar refractivity (Wildman–Crippen MR) is 25.8 cm³/mol. The van der Waals surface area contributed by atoms with E-state index in [0.717, 1.165) is 12.0 Å². The summed E-state index contributed by atoms with van der Waals surface area (Å²) in [7, 11) is 0. The molecular weight excluding hydrogens is 90.1 g/mol. The molecule has 0 saturated carbocycles. The third-order valence-corrected chi connectivity index (χ3v) is 0.853. The minimum Gasteiger partial charge on any atom is -0.415 e. The summed E-state index contributed by atoms with van der Waals surface area (Å²) >= 11 is 0. The van der Waals surface area contributed by atoms with Crippen LogP contribution >= 0.6 is 0 Å². The first-order valence-electron chi connectivity index (χ1n) is 2.29. The predicted octanol–water partition coefficient (Wildman–Crippen LogP) is 0.854. The van der Waals surface area contributed by atoms with E-state index in [1.165, 1.54) is 0 Å². The van der Waals surface area contributed by atoms with Crippen LogP contribution in [0.5, 0.6) is 0 Å². The van der Waals surface area contributed by atoms with Gasteiger partial charge in [-0.15, -0.1) is 5.48 Å². The lowest BCUT2D eigenvalue weighted by Gasteiger charge is -1.84. The maximum atomic E-state index is 4.62. The minimum atomic E-state index is 0.979. The topological polar surface area (TPSA) is 21.3 Å². The van der Waals surface area contributed by atoms with Crippen LogP contribution in [-0.2, 0) is 4.84 Å². The van der Waals surface area contributed by atoms with Gasteiger partial charge in [-0.25, -0.2) is 0 Å². The molecule has 1 heterocycles. The number of hydrogen-bond donors (Lipinski definition) is 1. The van der Waals surface area contributed by atoms with Gasteiger partial charge in [0.15, 0.2) is 0 Å². The SMILES string of the molecule is CCC1=CON[C]1. The summed E-state index contributed by atoms with van der Waals surface area (Å²) in [5.74, 6) is 0. The average molecular weight is 97.1 g/mol. The standard InChI is InChI=1S/C5H7NO/c1-2-5-3-6-7-4-5/h4,6H,2H2,1H3. The van der Waals surface area contributed by atoms with E-state index in [9.17, 15) is 0 Å². The third kappa shape index (κ3) is 0.933. The van der Waals surface area contributed by atoms with Gasteiger partial charge in [0.1, 0.15) is 12.8 Å². The first-order valence-corrected chi connectivity index (χ1v) is 2.29. The van der Waals surface area contributed by atoms with E-state index in [2.05, 4.69) is 23.8 Å². The zero-order chi connectivity index (χ0) is 5.11. The maximum absolute atomic E-state index is 4.62. The Morgan fingerprint density at radius 3 is 3.14 bits per heavy atom. The normalized spacial score (nSPS) is 18.7. The van der Waals surface area contributed by atoms with Crippen molar-refractivity contribution in [2.45, 2.75) is 13.3 Å². The molecule has 1 rings (SSSR count). The molecule has 0 aromatic heterocycles. The van der Waals surface area contributed by atoms with Gasteiger partial charge in [0, 0.05) is 0 Å². The van der Waals surface area contributed by atoms with Crippen molar-refractivity contribution < 1.29 is 4.84 Å². The second kappa shape index (κ2) is 1.98. The van der Waals surface area contributed by atoms with Crippen molar-refractivity contribution in [1.29, 1.82) is 0 Å². The molecule has 0 bridgehead atoms. The van der Waals surface area contributed by atoms with Crippen molar-refractivity contribution in [3.63, 3.8) is 0 Å². The van der Waals surface area contributed by atoms with Gasteiger partial charge in [0.05, 0.1) is 0 Å².